The van der Waals surface area contributed by atoms with Crippen molar-refractivity contribution < 1.29 is 13.6 Å². The highest BCUT2D eigenvalue weighted by atomic mass is 19.1. The maximum absolute atomic E-state index is 13.4. The molecule has 0 saturated heterocycles. The maximum atomic E-state index is 13.4. The molecule has 0 aliphatic rings. The summed E-state index contributed by atoms with van der Waals surface area (Å²) in [6, 6.07) is 10.5. The largest absolute Gasteiger partial charge is 0.326 e. The smallest absolute Gasteiger partial charge is 0.224 e. The summed E-state index contributed by atoms with van der Waals surface area (Å²) in [5, 5.41) is 2.70. The van der Waals surface area contributed by atoms with Crippen LogP contribution in [0.5, 0.6) is 0 Å². The quantitative estimate of drug-likeness (QED) is 0.902. The second kappa shape index (κ2) is 6.28. The summed E-state index contributed by atoms with van der Waals surface area (Å²) in [5.74, 6) is -0.868. The Balaban J connectivity index is 1.94. The topological polar surface area (TPSA) is 29.1 Å². The van der Waals surface area contributed by atoms with Gasteiger partial charge in [-0.2, -0.15) is 0 Å². The van der Waals surface area contributed by atoms with E-state index in [1.165, 1.54) is 24.3 Å². The van der Waals surface area contributed by atoms with Gasteiger partial charge in [0, 0.05) is 12.1 Å². The van der Waals surface area contributed by atoms with Gasteiger partial charge >= 0.3 is 0 Å². The molecule has 0 aliphatic carbocycles. The number of nitrogens with one attached hydrogen (secondary N) is 1. The zero-order chi connectivity index (χ0) is 14.5. The fraction of sp³-hybridized carbons (Fsp3) is 0.188. The SMILES string of the molecule is Cc1cc(F)ccc1NC(=O)CCc1ccccc1F. The standard InChI is InChI=1S/C16H15F2NO/c1-11-10-13(17)7-8-15(11)19-16(20)9-6-12-4-2-3-5-14(12)18/h2-5,7-8,10H,6,9H2,1H3,(H,19,20). The lowest BCUT2D eigenvalue weighted by Crippen LogP contribution is -2.13. The van der Waals surface area contributed by atoms with Crippen LogP contribution in [0.1, 0.15) is 17.5 Å². The molecule has 1 N–H and O–H groups in total. The van der Waals surface area contributed by atoms with Gasteiger partial charge < -0.3 is 5.32 Å². The molecule has 0 fully saturated rings. The number of hydrogen-bond donors (Lipinski definition) is 1. The number of rotatable bonds is 4. The van der Waals surface area contributed by atoms with Crippen molar-refractivity contribution in [2.45, 2.75) is 19.8 Å². The van der Waals surface area contributed by atoms with Crippen molar-refractivity contribution in [3.05, 3.63) is 65.2 Å². The van der Waals surface area contributed by atoms with Gasteiger partial charge in [0.05, 0.1) is 0 Å². The van der Waals surface area contributed by atoms with E-state index in [4.69, 9.17) is 0 Å². The molecule has 2 nitrogen and oxygen atoms in total. The molecule has 2 aromatic carbocycles. The van der Waals surface area contributed by atoms with E-state index < -0.39 is 0 Å². The third kappa shape index (κ3) is 3.63. The van der Waals surface area contributed by atoms with Crippen molar-refractivity contribution in [2.24, 2.45) is 0 Å². The van der Waals surface area contributed by atoms with Crippen molar-refractivity contribution in [1.29, 1.82) is 0 Å². The molecule has 0 spiro atoms. The number of halogens is 2. The Hall–Kier alpha value is -2.23. The maximum Gasteiger partial charge on any atom is 0.224 e. The molecule has 0 aliphatic heterocycles. The van der Waals surface area contributed by atoms with Crippen LogP contribution in [0.15, 0.2) is 42.5 Å². The van der Waals surface area contributed by atoms with Crippen molar-refractivity contribution in [2.75, 3.05) is 5.32 Å². The van der Waals surface area contributed by atoms with Gasteiger partial charge in [-0.05, 0) is 48.7 Å². The Kier molecular flexibility index (Phi) is 4.45. The number of benzene rings is 2. The molecule has 2 aromatic rings. The Bertz CT molecular complexity index is 626. The van der Waals surface area contributed by atoms with Crippen molar-refractivity contribution >= 4 is 11.6 Å². The van der Waals surface area contributed by atoms with Crippen molar-refractivity contribution in [3.8, 4) is 0 Å². The van der Waals surface area contributed by atoms with E-state index in [-0.39, 0.29) is 24.0 Å². The third-order valence-corrected chi connectivity index (χ3v) is 3.04. The van der Waals surface area contributed by atoms with Crippen LogP contribution in [0.4, 0.5) is 14.5 Å². The van der Waals surface area contributed by atoms with Gasteiger partial charge in [-0.1, -0.05) is 18.2 Å². The highest BCUT2D eigenvalue weighted by Gasteiger charge is 2.08. The van der Waals surface area contributed by atoms with Crippen LogP contribution in [0.25, 0.3) is 0 Å². The predicted molar refractivity (Wildman–Crippen MR) is 74.5 cm³/mol. The monoisotopic (exact) mass is 275 g/mol. The van der Waals surface area contributed by atoms with E-state index >= 15 is 0 Å². The van der Waals surface area contributed by atoms with Crippen LogP contribution in [-0.2, 0) is 11.2 Å². The fourth-order valence-electron chi connectivity index (χ4n) is 1.93. The van der Waals surface area contributed by atoms with Crippen LogP contribution in [0, 0.1) is 18.6 Å². The first kappa shape index (κ1) is 14.2. The number of anilines is 1. The van der Waals surface area contributed by atoms with Gasteiger partial charge in [0.15, 0.2) is 0 Å². The lowest BCUT2D eigenvalue weighted by atomic mass is 10.1. The lowest BCUT2D eigenvalue weighted by Gasteiger charge is -2.08. The number of carbonyl (C=O) groups excluding carboxylic acids is 1. The van der Waals surface area contributed by atoms with Crippen molar-refractivity contribution in [3.63, 3.8) is 0 Å². The minimum atomic E-state index is -0.341. The molecule has 0 bridgehead atoms. The molecule has 0 aromatic heterocycles. The summed E-state index contributed by atoms with van der Waals surface area (Å²) >= 11 is 0. The molecule has 0 radical (unpaired) electrons. The molecule has 104 valence electrons. The molecule has 0 heterocycles. The molecular formula is C16H15F2NO. The van der Waals surface area contributed by atoms with E-state index in [0.717, 1.165) is 0 Å². The van der Waals surface area contributed by atoms with Gasteiger partial charge in [-0.25, -0.2) is 8.78 Å². The first-order chi connectivity index (χ1) is 9.56. The Morgan fingerprint density at radius 1 is 1.15 bits per heavy atom. The molecule has 0 atom stereocenters. The molecule has 20 heavy (non-hydrogen) atoms. The summed E-state index contributed by atoms with van der Waals surface area (Å²) < 4.78 is 26.3. The highest BCUT2D eigenvalue weighted by molar-refractivity contribution is 5.91. The van der Waals surface area contributed by atoms with E-state index in [1.807, 2.05) is 0 Å². The highest BCUT2D eigenvalue weighted by Crippen LogP contribution is 2.16. The number of aryl methyl sites for hydroxylation is 2. The summed E-state index contributed by atoms with van der Waals surface area (Å²) in [6.45, 7) is 1.72. The Morgan fingerprint density at radius 2 is 1.90 bits per heavy atom. The van der Waals surface area contributed by atoms with Crippen LogP contribution in [0.2, 0.25) is 0 Å². The van der Waals surface area contributed by atoms with Crippen LogP contribution >= 0.6 is 0 Å². The second-order valence-electron chi connectivity index (χ2n) is 4.60. The summed E-state index contributed by atoms with van der Waals surface area (Å²) in [5.41, 5.74) is 1.74. The lowest BCUT2D eigenvalue weighted by molar-refractivity contribution is -0.116. The van der Waals surface area contributed by atoms with E-state index in [2.05, 4.69) is 5.32 Å². The number of hydrogen-bond acceptors (Lipinski definition) is 1. The van der Waals surface area contributed by atoms with E-state index in [1.54, 1.807) is 25.1 Å². The average Bonchev–Trinajstić information content (AvgIpc) is 2.41. The molecule has 1 amide bonds. The first-order valence-electron chi connectivity index (χ1n) is 6.35. The zero-order valence-corrected chi connectivity index (χ0v) is 11.1. The van der Waals surface area contributed by atoms with Gasteiger partial charge in [0.25, 0.3) is 0 Å². The Morgan fingerprint density at radius 3 is 2.60 bits per heavy atom. The normalized spacial score (nSPS) is 10.3. The van der Waals surface area contributed by atoms with Gasteiger partial charge in [-0.15, -0.1) is 0 Å². The summed E-state index contributed by atoms with van der Waals surface area (Å²) in [7, 11) is 0. The molecule has 0 saturated carbocycles. The van der Waals surface area contributed by atoms with Crippen LogP contribution in [-0.4, -0.2) is 5.91 Å². The zero-order valence-electron chi connectivity index (χ0n) is 11.1. The second-order valence-corrected chi connectivity index (χ2v) is 4.60. The van der Waals surface area contributed by atoms with Gasteiger partial charge in [0.2, 0.25) is 5.91 Å². The summed E-state index contributed by atoms with van der Waals surface area (Å²) in [4.78, 5) is 11.8. The third-order valence-electron chi connectivity index (χ3n) is 3.04. The molecule has 2 rings (SSSR count). The summed E-state index contributed by atoms with van der Waals surface area (Å²) in [6.07, 6.45) is 0.510. The van der Waals surface area contributed by atoms with E-state index in [9.17, 15) is 13.6 Å². The predicted octanol–water partition coefficient (Wildman–Crippen LogP) is 3.84. The van der Waals surface area contributed by atoms with Crippen LogP contribution < -0.4 is 5.32 Å². The Labute approximate surface area is 116 Å². The molecule has 4 heteroatoms. The average molecular weight is 275 g/mol. The minimum absolute atomic E-state index is 0.178. The molecule has 0 unspecified atom stereocenters. The van der Waals surface area contributed by atoms with Gasteiger partial charge in [0.1, 0.15) is 11.6 Å². The fourth-order valence-corrected chi connectivity index (χ4v) is 1.93. The minimum Gasteiger partial charge on any atom is -0.326 e. The molecular weight excluding hydrogens is 260 g/mol. The van der Waals surface area contributed by atoms with Crippen LogP contribution in [0.3, 0.4) is 0 Å². The first-order valence-corrected chi connectivity index (χ1v) is 6.35. The van der Waals surface area contributed by atoms with Gasteiger partial charge in [-0.3, -0.25) is 4.79 Å². The number of carbonyl (C=O) groups is 1. The van der Waals surface area contributed by atoms with E-state index in [0.29, 0.717) is 23.2 Å². The van der Waals surface area contributed by atoms with Crippen molar-refractivity contribution in [1.82, 2.24) is 0 Å². The number of amides is 1.